The third-order valence-electron chi connectivity index (χ3n) is 3.98. The predicted octanol–water partition coefficient (Wildman–Crippen LogP) is 4.80. The maximum atomic E-state index is 13.1. The summed E-state index contributed by atoms with van der Waals surface area (Å²) in [5, 5.41) is 5.54. The molecule has 6 heteroatoms. The van der Waals surface area contributed by atoms with Gasteiger partial charge in [-0.05, 0) is 47.8 Å². The SMILES string of the molecule is O=C1C(Nc2ccccc2)=C(c2cccs2)C(=O)N1c1ccc(Cl)cc1. The van der Waals surface area contributed by atoms with E-state index < -0.39 is 0 Å². The van der Waals surface area contributed by atoms with Crippen molar-refractivity contribution in [3.05, 3.63) is 87.7 Å². The molecule has 0 spiro atoms. The minimum atomic E-state index is -0.385. The van der Waals surface area contributed by atoms with Crippen LogP contribution in [-0.2, 0) is 9.59 Å². The normalized spacial score (nSPS) is 14.3. The summed E-state index contributed by atoms with van der Waals surface area (Å²) in [6, 6.07) is 19.7. The van der Waals surface area contributed by atoms with Crippen LogP contribution in [0.2, 0.25) is 5.02 Å². The Balaban J connectivity index is 1.79. The van der Waals surface area contributed by atoms with E-state index in [4.69, 9.17) is 11.6 Å². The standard InChI is InChI=1S/C20H13ClN2O2S/c21-13-8-10-15(11-9-13)23-19(24)17(16-7-4-12-26-16)18(20(23)25)22-14-5-2-1-3-6-14/h1-12,22H. The summed E-state index contributed by atoms with van der Waals surface area (Å²) in [6.07, 6.45) is 0. The van der Waals surface area contributed by atoms with E-state index in [0.717, 1.165) is 10.6 Å². The Morgan fingerprint density at radius 3 is 2.23 bits per heavy atom. The summed E-state index contributed by atoms with van der Waals surface area (Å²) in [4.78, 5) is 28.1. The lowest BCUT2D eigenvalue weighted by molar-refractivity contribution is -0.120. The summed E-state index contributed by atoms with van der Waals surface area (Å²) in [7, 11) is 0. The number of carbonyl (C=O) groups is 2. The second-order valence-electron chi connectivity index (χ2n) is 5.64. The fraction of sp³-hybridized carbons (Fsp3) is 0. The van der Waals surface area contributed by atoms with Crippen LogP contribution >= 0.6 is 22.9 Å². The van der Waals surface area contributed by atoms with Crippen molar-refractivity contribution in [2.45, 2.75) is 0 Å². The molecule has 0 radical (unpaired) electrons. The zero-order valence-electron chi connectivity index (χ0n) is 13.5. The number of imide groups is 1. The zero-order valence-corrected chi connectivity index (χ0v) is 15.1. The summed E-state index contributed by atoms with van der Waals surface area (Å²) in [5.41, 5.74) is 1.89. The molecule has 26 heavy (non-hydrogen) atoms. The monoisotopic (exact) mass is 380 g/mol. The Hall–Kier alpha value is -2.89. The van der Waals surface area contributed by atoms with Gasteiger partial charge in [0.1, 0.15) is 5.70 Å². The Labute approximate surface area is 159 Å². The largest absolute Gasteiger partial charge is 0.350 e. The van der Waals surface area contributed by atoms with E-state index in [1.54, 1.807) is 24.3 Å². The number of rotatable bonds is 4. The van der Waals surface area contributed by atoms with Crippen molar-refractivity contribution in [2.24, 2.45) is 0 Å². The maximum Gasteiger partial charge on any atom is 0.282 e. The van der Waals surface area contributed by atoms with Gasteiger partial charge in [0.05, 0.1) is 11.3 Å². The van der Waals surface area contributed by atoms with Gasteiger partial charge in [-0.25, -0.2) is 4.90 Å². The number of para-hydroxylation sites is 1. The molecule has 128 valence electrons. The van der Waals surface area contributed by atoms with Gasteiger partial charge in [-0.1, -0.05) is 35.9 Å². The lowest BCUT2D eigenvalue weighted by atomic mass is 10.2. The van der Waals surface area contributed by atoms with Gasteiger partial charge in [0.25, 0.3) is 11.8 Å². The highest BCUT2D eigenvalue weighted by atomic mass is 35.5. The minimum Gasteiger partial charge on any atom is -0.350 e. The number of thiophene rings is 1. The van der Waals surface area contributed by atoms with Gasteiger partial charge in [-0.3, -0.25) is 9.59 Å². The van der Waals surface area contributed by atoms with Crippen molar-refractivity contribution in [2.75, 3.05) is 10.2 Å². The molecule has 1 aliphatic rings. The fourth-order valence-electron chi connectivity index (χ4n) is 2.79. The fourth-order valence-corrected chi connectivity index (χ4v) is 3.68. The molecule has 1 aliphatic heterocycles. The van der Waals surface area contributed by atoms with Crippen LogP contribution in [0.1, 0.15) is 4.88 Å². The number of nitrogens with zero attached hydrogens (tertiary/aromatic N) is 1. The summed E-state index contributed by atoms with van der Waals surface area (Å²) >= 11 is 7.35. The number of benzene rings is 2. The van der Waals surface area contributed by atoms with Gasteiger partial charge in [-0.15, -0.1) is 11.3 Å². The minimum absolute atomic E-state index is 0.276. The van der Waals surface area contributed by atoms with Crippen LogP contribution in [0, 0.1) is 0 Å². The lowest BCUT2D eigenvalue weighted by Gasteiger charge is -2.15. The summed E-state index contributed by atoms with van der Waals surface area (Å²) in [6.45, 7) is 0. The number of carbonyl (C=O) groups excluding carboxylic acids is 2. The molecule has 0 aliphatic carbocycles. The number of anilines is 2. The number of hydrogen-bond donors (Lipinski definition) is 1. The van der Waals surface area contributed by atoms with Crippen LogP contribution in [0.4, 0.5) is 11.4 Å². The molecule has 0 unspecified atom stereocenters. The first-order valence-corrected chi connectivity index (χ1v) is 9.15. The highest BCUT2D eigenvalue weighted by molar-refractivity contribution is 7.11. The quantitative estimate of drug-likeness (QED) is 0.661. The molecule has 4 rings (SSSR count). The van der Waals surface area contributed by atoms with Crippen LogP contribution in [0.15, 0.2) is 77.8 Å². The van der Waals surface area contributed by atoms with Crippen molar-refractivity contribution in [3.8, 4) is 0 Å². The Bertz CT molecular complexity index is 996. The third kappa shape index (κ3) is 2.92. The lowest BCUT2D eigenvalue weighted by Crippen LogP contribution is -2.32. The van der Waals surface area contributed by atoms with Crippen molar-refractivity contribution in [1.82, 2.24) is 0 Å². The van der Waals surface area contributed by atoms with Crippen molar-refractivity contribution >= 4 is 51.7 Å². The molecule has 1 N–H and O–H groups in total. The third-order valence-corrected chi connectivity index (χ3v) is 5.12. The van der Waals surface area contributed by atoms with E-state index in [1.165, 1.54) is 16.2 Å². The molecule has 3 aromatic rings. The van der Waals surface area contributed by atoms with Gasteiger partial charge in [0.15, 0.2) is 0 Å². The Morgan fingerprint density at radius 1 is 0.846 bits per heavy atom. The smallest absolute Gasteiger partial charge is 0.282 e. The van der Waals surface area contributed by atoms with Gasteiger partial charge in [0.2, 0.25) is 0 Å². The van der Waals surface area contributed by atoms with Gasteiger partial charge < -0.3 is 5.32 Å². The van der Waals surface area contributed by atoms with Crippen LogP contribution in [-0.4, -0.2) is 11.8 Å². The number of nitrogens with one attached hydrogen (secondary N) is 1. The van der Waals surface area contributed by atoms with E-state index in [0.29, 0.717) is 16.3 Å². The Morgan fingerprint density at radius 2 is 1.58 bits per heavy atom. The molecule has 0 bridgehead atoms. The van der Waals surface area contributed by atoms with E-state index in [2.05, 4.69) is 5.32 Å². The highest BCUT2D eigenvalue weighted by Crippen LogP contribution is 2.35. The first kappa shape index (κ1) is 16.6. The van der Waals surface area contributed by atoms with Gasteiger partial charge in [0, 0.05) is 15.6 Å². The van der Waals surface area contributed by atoms with Gasteiger partial charge >= 0.3 is 0 Å². The highest BCUT2D eigenvalue weighted by Gasteiger charge is 2.40. The first-order chi connectivity index (χ1) is 12.6. The molecule has 2 amide bonds. The average Bonchev–Trinajstić information content (AvgIpc) is 3.25. The molecular formula is C20H13ClN2O2S. The van der Waals surface area contributed by atoms with E-state index in [-0.39, 0.29) is 17.5 Å². The molecule has 2 aromatic carbocycles. The van der Waals surface area contributed by atoms with Crippen LogP contribution in [0.3, 0.4) is 0 Å². The first-order valence-electron chi connectivity index (χ1n) is 7.90. The Kier molecular flexibility index (Phi) is 4.32. The second kappa shape index (κ2) is 6.78. The topological polar surface area (TPSA) is 49.4 Å². The summed E-state index contributed by atoms with van der Waals surface area (Å²) in [5.74, 6) is -0.734. The molecule has 4 nitrogen and oxygen atoms in total. The van der Waals surface area contributed by atoms with Crippen LogP contribution < -0.4 is 10.2 Å². The summed E-state index contributed by atoms with van der Waals surface area (Å²) < 4.78 is 0. The average molecular weight is 381 g/mol. The zero-order chi connectivity index (χ0) is 18.1. The van der Waals surface area contributed by atoms with Crippen LogP contribution in [0.5, 0.6) is 0 Å². The van der Waals surface area contributed by atoms with Crippen LogP contribution in [0.25, 0.3) is 5.57 Å². The number of amides is 2. The van der Waals surface area contributed by atoms with Gasteiger partial charge in [-0.2, -0.15) is 0 Å². The van der Waals surface area contributed by atoms with E-state index in [1.807, 2.05) is 47.8 Å². The number of hydrogen-bond acceptors (Lipinski definition) is 4. The van der Waals surface area contributed by atoms with Crippen molar-refractivity contribution in [3.63, 3.8) is 0 Å². The number of halogens is 1. The van der Waals surface area contributed by atoms with Crippen molar-refractivity contribution in [1.29, 1.82) is 0 Å². The molecule has 0 saturated carbocycles. The van der Waals surface area contributed by atoms with E-state index >= 15 is 0 Å². The molecule has 0 fully saturated rings. The van der Waals surface area contributed by atoms with Crippen molar-refractivity contribution < 1.29 is 9.59 Å². The maximum absolute atomic E-state index is 13.1. The molecule has 0 saturated heterocycles. The second-order valence-corrected chi connectivity index (χ2v) is 7.02. The molecule has 2 heterocycles. The molecule has 0 atom stereocenters. The predicted molar refractivity (Wildman–Crippen MR) is 105 cm³/mol. The van der Waals surface area contributed by atoms with E-state index in [9.17, 15) is 9.59 Å². The molecular weight excluding hydrogens is 368 g/mol. The molecule has 1 aromatic heterocycles.